The van der Waals surface area contributed by atoms with E-state index < -0.39 is 0 Å². The largest absolute Gasteiger partial charge is 0.354 e. The molecule has 0 aromatic rings. The summed E-state index contributed by atoms with van der Waals surface area (Å²) in [4.78, 5) is 11.9. The molecule has 4 nitrogen and oxygen atoms in total. The van der Waals surface area contributed by atoms with Gasteiger partial charge >= 0.3 is 0 Å². The first-order valence-corrected chi connectivity index (χ1v) is 5.48. The fourth-order valence-corrected chi connectivity index (χ4v) is 1.94. The molecule has 0 aromatic heterocycles. The van der Waals surface area contributed by atoms with Gasteiger partial charge < -0.3 is 16.4 Å². The highest BCUT2D eigenvalue weighted by Crippen LogP contribution is 2.22. The molecule has 1 atom stereocenters. The Morgan fingerprint density at radius 3 is 2.93 bits per heavy atom. The zero-order chi connectivity index (χ0) is 10.4. The average Bonchev–Trinajstić information content (AvgIpc) is 2.67. The molecule has 1 unspecified atom stereocenters. The second-order valence-corrected chi connectivity index (χ2v) is 3.86. The molecule has 1 heterocycles. The maximum atomic E-state index is 11.9. The quantitative estimate of drug-likeness (QED) is 0.545. The Balaban J connectivity index is 2.40. The van der Waals surface area contributed by atoms with Crippen molar-refractivity contribution in [2.24, 2.45) is 5.73 Å². The minimum Gasteiger partial charge on any atom is -0.354 e. The summed E-state index contributed by atoms with van der Waals surface area (Å²) in [7, 11) is 0. The minimum absolute atomic E-state index is 0.144. The number of rotatable bonds is 5. The van der Waals surface area contributed by atoms with Gasteiger partial charge in [0.15, 0.2) is 0 Å². The van der Waals surface area contributed by atoms with E-state index in [0.717, 1.165) is 32.2 Å². The fourth-order valence-electron chi connectivity index (χ4n) is 1.94. The molecule has 0 bridgehead atoms. The number of nitrogens with two attached hydrogens (primary N) is 1. The monoisotopic (exact) mass is 199 g/mol. The molecule has 1 aliphatic heterocycles. The highest BCUT2D eigenvalue weighted by atomic mass is 16.2. The van der Waals surface area contributed by atoms with E-state index in [1.165, 1.54) is 0 Å². The van der Waals surface area contributed by atoms with Gasteiger partial charge in [-0.1, -0.05) is 6.92 Å². The van der Waals surface area contributed by atoms with Crippen LogP contribution in [0.15, 0.2) is 0 Å². The van der Waals surface area contributed by atoms with Crippen LogP contribution in [0.3, 0.4) is 0 Å². The summed E-state index contributed by atoms with van der Waals surface area (Å²) >= 11 is 0. The van der Waals surface area contributed by atoms with Crippen molar-refractivity contribution in [3.63, 3.8) is 0 Å². The molecule has 0 radical (unpaired) electrons. The lowest BCUT2D eigenvalue weighted by atomic mass is 9.93. The van der Waals surface area contributed by atoms with E-state index in [9.17, 15) is 4.79 Å². The topological polar surface area (TPSA) is 67.2 Å². The standard InChI is InChI=1S/C10H21N3O/c1-2-10(5-3-8-13-10)9(14)12-7-4-6-11/h13H,2-8,11H2,1H3,(H,12,14). The number of amides is 1. The molecule has 4 heteroatoms. The van der Waals surface area contributed by atoms with E-state index in [1.54, 1.807) is 0 Å². The highest BCUT2D eigenvalue weighted by Gasteiger charge is 2.38. The second kappa shape index (κ2) is 5.32. The van der Waals surface area contributed by atoms with Crippen molar-refractivity contribution in [1.29, 1.82) is 0 Å². The molecule has 14 heavy (non-hydrogen) atoms. The van der Waals surface area contributed by atoms with Crippen LogP contribution in [0, 0.1) is 0 Å². The van der Waals surface area contributed by atoms with Gasteiger partial charge in [0.2, 0.25) is 5.91 Å². The molecule has 1 rings (SSSR count). The van der Waals surface area contributed by atoms with Gasteiger partial charge in [0.25, 0.3) is 0 Å². The van der Waals surface area contributed by atoms with E-state index in [-0.39, 0.29) is 11.4 Å². The number of hydrogen-bond acceptors (Lipinski definition) is 3. The van der Waals surface area contributed by atoms with Crippen molar-refractivity contribution in [1.82, 2.24) is 10.6 Å². The van der Waals surface area contributed by atoms with Crippen molar-refractivity contribution < 1.29 is 4.79 Å². The van der Waals surface area contributed by atoms with Crippen LogP contribution in [0.25, 0.3) is 0 Å². The summed E-state index contributed by atoms with van der Waals surface area (Å²) in [6.45, 7) is 4.34. The van der Waals surface area contributed by atoms with Crippen molar-refractivity contribution in [2.45, 2.75) is 38.1 Å². The Morgan fingerprint density at radius 2 is 2.43 bits per heavy atom. The molecule has 0 aromatic carbocycles. The Labute approximate surface area is 85.6 Å². The molecule has 0 aliphatic carbocycles. The normalized spacial score (nSPS) is 26.4. The Kier molecular flexibility index (Phi) is 4.35. The predicted octanol–water partition coefficient (Wildman–Crippen LogP) is -0.0164. The van der Waals surface area contributed by atoms with E-state index in [0.29, 0.717) is 13.1 Å². The molecule has 0 saturated carbocycles. The van der Waals surface area contributed by atoms with E-state index in [2.05, 4.69) is 17.6 Å². The summed E-state index contributed by atoms with van der Waals surface area (Å²) in [5.41, 5.74) is 5.07. The minimum atomic E-state index is -0.297. The molecule has 4 N–H and O–H groups in total. The number of hydrogen-bond donors (Lipinski definition) is 3. The van der Waals surface area contributed by atoms with Gasteiger partial charge in [-0.25, -0.2) is 0 Å². The van der Waals surface area contributed by atoms with Crippen molar-refractivity contribution in [2.75, 3.05) is 19.6 Å². The Bertz CT molecular complexity index is 188. The van der Waals surface area contributed by atoms with Gasteiger partial charge in [-0.2, -0.15) is 0 Å². The maximum Gasteiger partial charge on any atom is 0.240 e. The van der Waals surface area contributed by atoms with Crippen LogP contribution < -0.4 is 16.4 Å². The maximum absolute atomic E-state index is 11.9. The van der Waals surface area contributed by atoms with Crippen LogP contribution >= 0.6 is 0 Å². The van der Waals surface area contributed by atoms with Gasteiger partial charge in [-0.15, -0.1) is 0 Å². The Hall–Kier alpha value is -0.610. The number of nitrogens with one attached hydrogen (secondary N) is 2. The number of carbonyl (C=O) groups is 1. The zero-order valence-electron chi connectivity index (χ0n) is 8.94. The lowest BCUT2D eigenvalue weighted by Gasteiger charge is -2.26. The van der Waals surface area contributed by atoms with Gasteiger partial charge in [-0.05, 0) is 38.8 Å². The molecule has 1 aliphatic rings. The molecule has 1 amide bonds. The van der Waals surface area contributed by atoms with E-state index in [4.69, 9.17) is 5.73 Å². The summed E-state index contributed by atoms with van der Waals surface area (Å²) in [5, 5.41) is 6.24. The predicted molar refractivity (Wildman–Crippen MR) is 56.9 cm³/mol. The first-order valence-electron chi connectivity index (χ1n) is 5.48. The van der Waals surface area contributed by atoms with Gasteiger partial charge in [0.1, 0.15) is 0 Å². The van der Waals surface area contributed by atoms with Crippen LogP contribution in [0.5, 0.6) is 0 Å². The van der Waals surface area contributed by atoms with Gasteiger partial charge in [-0.3, -0.25) is 4.79 Å². The first kappa shape index (κ1) is 11.5. The highest BCUT2D eigenvalue weighted by molar-refractivity contribution is 5.86. The third kappa shape index (κ3) is 2.45. The first-order chi connectivity index (χ1) is 6.75. The van der Waals surface area contributed by atoms with Gasteiger partial charge in [0.05, 0.1) is 5.54 Å². The second-order valence-electron chi connectivity index (χ2n) is 3.86. The average molecular weight is 199 g/mol. The summed E-state index contributed by atoms with van der Waals surface area (Å²) in [6.07, 6.45) is 3.77. The number of carbonyl (C=O) groups excluding carboxylic acids is 1. The van der Waals surface area contributed by atoms with Crippen LogP contribution in [0.1, 0.15) is 32.6 Å². The summed E-state index contributed by atoms with van der Waals surface area (Å²) in [5.74, 6) is 0.144. The third-order valence-corrected chi connectivity index (χ3v) is 2.95. The van der Waals surface area contributed by atoms with Crippen molar-refractivity contribution in [3.8, 4) is 0 Å². The van der Waals surface area contributed by atoms with E-state index in [1.807, 2.05) is 0 Å². The molecule has 82 valence electrons. The van der Waals surface area contributed by atoms with Crippen LogP contribution in [-0.2, 0) is 4.79 Å². The third-order valence-electron chi connectivity index (χ3n) is 2.95. The molecular formula is C10H21N3O. The summed E-state index contributed by atoms with van der Waals surface area (Å²) < 4.78 is 0. The van der Waals surface area contributed by atoms with Gasteiger partial charge in [0, 0.05) is 6.54 Å². The SMILES string of the molecule is CCC1(C(=O)NCCCN)CCCN1. The summed E-state index contributed by atoms with van der Waals surface area (Å²) in [6, 6.07) is 0. The van der Waals surface area contributed by atoms with E-state index >= 15 is 0 Å². The van der Waals surface area contributed by atoms with Crippen LogP contribution in [0.4, 0.5) is 0 Å². The lowest BCUT2D eigenvalue weighted by Crippen LogP contribution is -2.53. The zero-order valence-corrected chi connectivity index (χ0v) is 8.94. The van der Waals surface area contributed by atoms with Crippen molar-refractivity contribution >= 4 is 5.91 Å². The Morgan fingerprint density at radius 1 is 1.64 bits per heavy atom. The molecule has 1 saturated heterocycles. The van der Waals surface area contributed by atoms with Crippen LogP contribution in [-0.4, -0.2) is 31.1 Å². The molecule has 0 spiro atoms. The smallest absolute Gasteiger partial charge is 0.240 e. The molecular weight excluding hydrogens is 178 g/mol. The lowest BCUT2D eigenvalue weighted by molar-refractivity contribution is -0.127. The fraction of sp³-hybridized carbons (Fsp3) is 0.900. The molecule has 1 fully saturated rings. The van der Waals surface area contributed by atoms with Crippen molar-refractivity contribution in [3.05, 3.63) is 0 Å². The van der Waals surface area contributed by atoms with Crippen LogP contribution in [0.2, 0.25) is 0 Å².